The van der Waals surface area contributed by atoms with Crippen molar-refractivity contribution in [2.24, 2.45) is 17.3 Å². The number of aliphatic hydroxyl groups excluding tert-OH is 1. The van der Waals surface area contributed by atoms with E-state index >= 15 is 0 Å². The topological polar surface area (TPSA) is 72.8 Å². The molecule has 1 fully saturated rings. The highest BCUT2D eigenvalue weighted by Crippen LogP contribution is 2.46. The van der Waals surface area contributed by atoms with Crippen molar-refractivity contribution in [3.8, 4) is 0 Å². The van der Waals surface area contributed by atoms with Crippen LogP contribution in [-0.2, 0) is 19.1 Å². The molecule has 1 aliphatic rings. The first-order chi connectivity index (χ1) is 7.51. The van der Waals surface area contributed by atoms with E-state index in [2.05, 4.69) is 9.47 Å². The Balaban J connectivity index is 2.99. The predicted molar refractivity (Wildman–Crippen MR) is 55.4 cm³/mol. The minimum Gasteiger partial charge on any atom is -0.468 e. The Morgan fingerprint density at radius 2 is 1.75 bits per heavy atom. The number of hydrogen-bond acceptors (Lipinski definition) is 5. The van der Waals surface area contributed by atoms with Gasteiger partial charge in [0.15, 0.2) is 5.41 Å². The van der Waals surface area contributed by atoms with Gasteiger partial charge in [0.2, 0.25) is 0 Å². The molecule has 2 unspecified atom stereocenters. The fourth-order valence-electron chi connectivity index (χ4n) is 2.50. The second-order valence-electron chi connectivity index (χ2n) is 4.39. The summed E-state index contributed by atoms with van der Waals surface area (Å²) in [5, 5.41) is 9.17. The average molecular weight is 230 g/mol. The van der Waals surface area contributed by atoms with Gasteiger partial charge in [-0.05, 0) is 24.7 Å². The molecule has 0 aromatic carbocycles. The van der Waals surface area contributed by atoms with Crippen LogP contribution in [0.5, 0.6) is 0 Å². The third kappa shape index (κ3) is 1.91. The van der Waals surface area contributed by atoms with Gasteiger partial charge in [-0.1, -0.05) is 6.92 Å². The van der Waals surface area contributed by atoms with Crippen LogP contribution in [0.1, 0.15) is 19.8 Å². The molecule has 0 spiro atoms. The number of hydrogen-bond donors (Lipinski definition) is 1. The normalized spacial score (nSPS) is 27.5. The van der Waals surface area contributed by atoms with Crippen molar-refractivity contribution < 1.29 is 24.2 Å². The smallest absolute Gasteiger partial charge is 0.323 e. The first kappa shape index (κ1) is 13.0. The minimum absolute atomic E-state index is 0.0308. The third-order valence-corrected chi connectivity index (χ3v) is 3.47. The molecule has 1 aliphatic carbocycles. The molecule has 0 heterocycles. The van der Waals surface area contributed by atoms with Gasteiger partial charge in [-0.25, -0.2) is 0 Å². The number of carbonyl (C=O) groups excluding carboxylic acids is 2. The summed E-state index contributed by atoms with van der Waals surface area (Å²) in [6, 6.07) is 0. The van der Waals surface area contributed by atoms with Gasteiger partial charge < -0.3 is 14.6 Å². The summed E-state index contributed by atoms with van der Waals surface area (Å²) in [6.07, 6.45) is 0.668. The largest absolute Gasteiger partial charge is 0.468 e. The molecule has 1 N–H and O–H groups in total. The summed E-state index contributed by atoms with van der Waals surface area (Å²) in [7, 11) is 2.51. The molecule has 2 atom stereocenters. The van der Waals surface area contributed by atoms with E-state index in [-0.39, 0.29) is 18.4 Å². The van der Waals surface area contributed by atoms with Crippen LogP contribution in [0, 0.1) is 17.3 Å². The third-order valence-electron chi connectivity index (χ3n) is 3.47. The molecular weight excluding hydrogens is 212 g/mol. The first-order valence-electron chi connectivity index (χ1n) is 5.29. The maximum Gasteiger partial charge on any atom is 0.323 e. The molecule has 0 aliphatic heterocycles. The zero-order chi connectivity index (χ0) is 12.3. The maximum absolute atomic E-state index is 11.7. The quantitative estimate of drug-likeness (QED) is 0.559. The van der Waals surface area contributed by atoms with Crippen LogP contribution in [-0.4, -0.2) is 37.9 Å². The number of ether oxygens (including phenoxy) is 2. The van der Waals surface area contributed by atoms with Gasteiger partial charge in [0.25, 0.3) is 0 Å². The molecule has 0 aromatic rings. The van der Waals surface area contributed by atoms with Gasteiger partial charge in [-0.2, -0.15) is 0 Å². The maximum atomic E-state index is 11.7. The number of carbonyl (C=O) groups is 2. The summed E-state index contributed by atoms with van der Waals surface area (Å²) in [5.74, 6) is -1.09. The SMILES string of the molecule is COC(=O)C1(C(=O)OC)CC(C)C(CO)C1. The molecule has 5 heteroatoms. The molecule has 0 radical (unpaired) electrons. The van der Waals surface area contributed by atoms with E-state index in [1.165, 1.54) is 14.2 Å². The lowest BCUT2D eigenvalue weighted by Crippen LogP contribution is -2.39. The van der Waals surface area contributed by atoms with Crippen molar-refractivity contribution in [3.63, 3.8) is 0 Å². The van der Waals surface area contributed by atoms with Crippen molar-refractivity contribution in [1.82, 2.24) is 0 Å². The van der Waals surface area contributed by atoms with E-state index in [1.807, 2.05) is 6.92 Å². The van der Waals surface area contributed by atoms with E-state index in [1.54, 1.807) is 0 Å². The minimum atomic E-state index is -1.23. The summed E-state index contributed by atoms with van der Waals surface area (Å²) in [4.78, 5) is 23.5. The Kier molecular flexibility index (Phi) is 3.91. The number of methoxy groups -OCH3 is 2. The molecule has 1 rings (SSSR count). The summed E-state index contributed by atoms with van der Waals surface area (Å²) < 4.78 is 9.36. The molecule has 92 valence electrons. The van der Waals surface area contributed by atoms with E-state index in [0.717, 1.165) is 0 Å². The highest BCUT2D eigenvalue weighted by atomic mass is 16.5. The van der Waals surface area contributed by atoms with E-state index in [4.69, 9.17) is 0 Å². The van der Waals surface area contributed by atoms with Crippen molar-refractivity contribution in [2.75, 3.05) is 20.8 Å². The van der Waals surface area contributed by atoms with Crippen molar-refractivity contribution >= 4 is 11.9 Å². The van der Waals surface area contributed by atoms with Gasteiger partial charge in [-0.15, -0.1) is 0 Å². The monoisotopic (exact) mass is 230 g/mol. The Hall–Kier alpha value is -1.10. The van der Waals surface area contributed by atoms with Gasteiger partial charge in [-0.3, -0.25) is 9.59 Å². The van der Waals surface area contributed by atoms with Crippen LogP contribution in [0.3, 0.4) is 0 Å². The molecule has 0 saturated heterocycles. The highest BCUT2D eigenvalue weighted by Gasteiger charge is 2.55. The molecule has 0 bridgehead atoms. The number of aliphatic hydroxyl groups is 1. The van der Waals surface area contributed by atoms with Gasteiger partial charge >= 0.3 is 11.9 Å². The highest BCUT2D eigenvalue weighted by molar-refractivity contribution is 6.00. The number of esters is 2. The molecule has 16 heavy (non-hydrogen) atoms. The van der Waals surface area contributed by atoms with Crippen LogP contribution < -0.4 is 0 Å². The summed E-state index contributed by atoms with van der Waals surface area (Å²) in [5.41, 5.74) is -1.23. The zero-order valence-corrected chi connectivity index (χ0v) is 9.86. The van der Waals surface area contributed by atoms with E-state index in [9.17, 15) is 14.7 Å². The summed E-state index contributed by atoms with van der Waals surface area (Å²) in [6.45, 7) is 1.88. The van der Waals surface area contributed by atoms with Crippen molar-refractivity contribution in [2.45, 2.75) is 19.8 Å². The van der Waals surface area contributed by atoms with E-state index in [0.29, 0.717) is 12.8 Å². The molecule has 0 aromatic heterocycles. The van der Waals surface area contributed by atoms with Crippen molar-refractivity contribution in [3.05, 3.63) is 0 Å². The lowest BCUT2D eigenvalue weighted by Gasteiger charge is -2.22. The Labute approximate surface area is 94.7 Å². The zero-order valence-electron chi connectivity index (χ0n) is 9.86. The number of rotatable bonds is 3. The Morgan fingerprint density at radius 3 is 2.06 bits per heavy atom. The van der Waals surface area contributed by atoms with Gasteiger partial charge in [0.1, 0.15) is 0 Å². The fraction of sp³-hybridized carbons (Fsp3) is 0.818. The fourth-order valence-corrected chi connectivity index (χ4v) is 2.50. The van der Waals surface area contributed by atoms with Crippen LogP contribution in [0.2, 0.25) is 0 Å². The molecule has 5 nitrogen and oxygen atoms in total. The second-order valence-corrected chi connectivity index (χ2v) is 4.39. The summed E-state index contributed by atoms with van der Waals surface area (Å²) >= 11 is 0. The van der Waals surface area contributed by atoms with Crippen LogP contribution in [0.25, 0.3) is 0 Å². The van der Waals surface area contributed by atoms with Crippen molar-refractivity contribution in [1.29, 1.82) is 0 Å². The average Bonchev–Trinajstić information content (AvgIpc) is 2.65. The molecule has 1 saturated carbocycles. The lowest BCUT2D eigenvalue weighted by molar-refractivity contribution is -0.169. The Bertz CT molecular complexity index is 270. The standard InChI is InChI=1S/C11H18O5/c1-7-4-11(9(13)15-2,10(14)16-3)5-8(7)6-12/h7-8,12H,4-6H2,1-3H3. The predicted octanol–water partition coefficient (Wildman–Crippen LogP) is 0.357. The lowest BCUT2D eigenvalue weighted by atomic mass is 9.85. The Morgan fingerprint density at radius 1 is 1.25 bits per heavy atom. The second kappa shape index (κ2) is 4.82. The van der Waals surface area contributed by atoms with Gasteiger partial charge in [0, 0.05) is 6.61 Å². The van der Waals surface area contributed by atoms with E-state index < -0.39 is 17.4 Å². The molecular formula is C11H18O5. The molecule has 0 amide bonds. The van der Waals surface area contributed by atoms with Crippen LogP contribution in [0.4, 0.5) is 0 Å². The van der Waals surface area contributed by atoms with Crippen LogP contribution in [0.15, 0.2) is 0 Å². The first-order valence-corrected chi connectivity index (χ1v) is 5.29. The van der Waals surface area contributed by atoms with Gasteiger partial charge in [0.05, 0.1) is 14.2 Å². The van der Waals surface area contributed by atoms with Crippen LogP contribution >= 0.6 is 0 Å².